The van der Waals surface area contributed by atoms with Gasteiger partial charge in [0.05, 0.1) is 7.11 Å². The Kier molecular flexibility index (Phi) is 5.40. The van der Waals surface area contributed by atoms with Gasteiger partial charge in [-0.05, 0) is 12.0 Å². The molecule has 0 N–H and O–H groups in total. The van der Waals surface area contributed by atoms with Gasteiger partial charge in [0.1, 0.15) is 5.92 Å². The molecule has 92 valence electrons. The van der Waals surface area contributed by atoms with Gasteiger partial charge in [0, 0.05) is 6.42 Å². The predicted octanol–water partition coefficient (Wildman–Crippen LogP) is 2.70. The van der Waals surface area contributed by atoms with Crippen molar-refractivity contribution in [2.75, 3.05) is 7.11 Å². The zero-order valence-corrected chi connectivity index (χ0v) is 10.3. The van der Waals surface area contributed by atoms with E-state index >= 15 is 0 Å². The molecular weight excluding hydrogens is 216 g/mol. The third kappa shape index (κ3) is 3.70. The minimum atomic E-state index is -0.771. The van der Waals surface area contributed by atoms with Crippen molar-refractivity contribution in [3.8, 4) is 0 Å². The smallest absolute Gasteiger partial charge is 0.320 e. The highest BCUT2D eigenvalue weighted by atomic mass is 16.5. The first-order valence-corrected chi connectivity index (χ1v) is 5.86. The Hall–Kier alpha value is -1.64. The van der Waals surface area contributed by atoms with E-state index in [0.717, 1.165) is 12.8 Å². The molecule has 3 nitrogen and oxygen atoms in total. The van der Waals surface area contributed by atoms with Gasteiger partial charge in [0.15, 0.2) is 5.78 Å². The number of Topliss-reactive ketones (excluding diaryl/α,β-unsaturated/α-hetero) is 1. The number of benzene rings is 1. The second-order valence-electron chi connectivity index (χ2n) is 3.94. The highest BCUT2D eigenvalue weighted by Crippen LogP contribution is 2.20. The SMILES string of the molecule is CCCCC(=O)C(C(=O)OC)c1ccccc1. The normalized spacial score (nSPS) is 11.9. The van der Waals surface area contributed by atoms with Gasteiger partial charge in [-0.3, -0.25) is 9.59 Å². The van der Waals surface area contributed by atoms with Crippen LogP contribution < -0.4 is 0 Å². The summed E-state index contributed by atoms with van der Waals surface area (Å²) in [5.41, 5.74) is 0.709. The maximum absolute atomic E-state index is 12.0. The van der Waals surface area contributed by atoms with Crippen LogP contribution in [0.4, 0.5) is 0 Å². The lowest BCUT2D eigenvalue weighted by Gasteiger charge is -2.13. The number of rotatable bonds is 6. The summed E-state index contributed by atoms with van der Waals surface area (Å²) in [6, 6.07) is 9.06. The molecule has 0 saturated carbocycles. The molecule has 0 amide bonds. The van der Waals surface area contributed by atoms with Crippen LogP contribution in [0.2, 0.25) is 0 Å². The van der Waals surface area contributed by atoms with Crippen molar-refractivity contribution in [3.63, 3.8) is 0 Å². The molecule has 3 heteroatoms. The third-order valence-electron chi connectivity index (χ3n) is 2.67. The third-order valence-corrected chi connectivity index (χ3v) is 2.67. The quantitative estimate of drug-likeness (QED) is 0.561. The molecule has 0 radical (unpaired) electrons. The minimum absolute atomic E-state index is 0.0649. The van der Waals surface area contributed by atoms with Gasteiger partial charge in [0.25, 0.3) is 0 Å². The van der Waals surface area contributed by atoms with Crippen molar-refractivity contribution < 1.29 is 14.3 Å². The van der Waals surface area contributed by atoms with Gasteiger partial charge in [-0.15, -0.1) is 0 Å². The Morgan fingerprint density at radius 2 is 1.88 bits per heavy atom. The fraction of sp³-hybridized carbons (Fsp3) is 0.429. The van der Waals surface area contributed by atoms with Crippen LogP contribution in [0.1, 0.15) is 37.7 Å². The number of unbranched alkanes of at least 4 members (excludes halogenated alkanes) is 1. The molecule has 17 heavy (non-hydrogen) atoms. The number of methoxy groups -OCH3 is 1. The topological polar surface area (TPSA) is 43.4 Å². The summed E-state index contributed by atoms with van der Waals surface area (Å²) in [5.74, 6) is -1.31. The van der Waals surface area contributed by atoms with Crippen molar-refractivity contribution in [1.82, 2.24) is 0 Å². The number of hydrogen-bond acceptors (Lipinski definition) is 3. The number of esters is 1. The molecule has 0 aliphatic carbocycles. The lowest BCUT2D eigenvalue weighted by molar-refractivity contribution is -0.145. The van der Waals surface area contributed by atoms with Gasteiger partial charge >= 0.3 is 5.97 Å². The highest BCUT2D eigenvalue weighted by molar-refractivity contribution is 6.04. The van der Waals surface area contributed by atoms with Crippen molar-refractivity contribution in [2.24, 2.45) is 0 Å². The summed E-state index contributed by atoms with van der Waals surface area (Å²) < 4.78 is 4.71. The van der Waals surface area contributed by atoms with E-state index in [1.807, 2.05) is 25.1 Å². The fourth-order valence-corrected chi connectivity index (χ4v) is 1.71. The summed E-state index contributed by atoms with van der Waals surface area (Å²) in [7, 11) is 1.31. The van der Waals surface area contributed by atoms with Gasteiger partial charge in [0.2, 0.25) is 0 Å². The van der Waals surface area contributed by atoms with Crippen molar-refractivity contribution in [1.29, 1.82) is 0 Å². The fourth-order valence-electron chi connectivity index (χ4n) is 1.71. The summed E-state index contributed by atoms with van der Waals surface area (Å²) in [6.07, 6.45) is 2.17. The first-order valence-electron chi connectivity index (χ1n) is 5.86. The van der Waals surface area contributed by atoms with E-state index in [0.29, 0.717) is 12.0 Å². The van der Waals surface area contributed by atoms with Gasteiger partial charge in [-0.2, -0.15) is 0 Å². The van der Waals surface area contributed by atoms with E-state index < -0.39 is 11.9 Å². The van der Waals surface area contributed by atoms with Crippen molar-refractivity contribution in [2.45, 2.75) is 32.1 Å². The van der Waals surface area contributed by atoms with Gasteiger partial charge < -0.3 is 4.74 Å². The Balaban J connectivity index is 2.89. The second-order valence-corrected chi connectivity index (χ2v) is 3.94. The standard InChI is InChI=1S/C14H18O3/c1-3-4-10-12(15)13(14(16)17-2)11-8-6-5-7-9-11/h5-9,13H,3-4,10H2,1-2H3. The largest absolute Gasteiger partial charge is 0.468 e. The molecule has 0 saturated heterocycles. The Labute approximate surface area is 102 Å². The molecule has 0 fully saturated rings. The van der Waals surface area contributed by atoms with Crippen LogP contribution in [0.5, 0.6) is 0 Å². The first-order chi connectivity index (χ1) is 8.20. The molecule has 1 aromatic rings. The predicted molar refractivity (Wildman–Crippen MR) is 65.7 cm³/mol. The van der Waals surface area contributed by atoms with Gasteiger partial charge in [-0.1, -0.05) is 43.7 Å². The molecule has 0 spiro atoms. The number of ketones is 1. The van der Waals surface area contributed by atoms with Crippen LogP contribution in [0.3, 0.4) is 0 Å². The van der Waals surface area contributed by atoms with E-state index in [4.69, 9.17) is 4.74 Å². The van der Waals surface area contributed by atoms with E-state index in [2.05, 4.69) is 0 Å². The van der Waals surface area contributed by atoms with E-state index in [1.54, 1.807) is 12.1 Å². The number of hydrogen-bond donors (Lipinski definition) is 0. The zero-order chi connectivity index (χ0) is 12.7. The summed E-state index contributed by atoms with van der Waals surface area (Å²) in [4.78, 5) is 23.7. The lowest BCUT2D eigenvalue weighted by atomic mass is 9.92. The number of carbonyl (C=O) groups is 2. The van der Waals surface area contributed by atoms with E-state index in [-0.39, 0.29) is 5.78 Å². The maximum Gasteiger partial charge on any atom is 0.320 e. The molecular formula is C14H18O3. The zero-order valence-electron chi connectivity index (χ0n) is 10.3. The molecule has 0 heterocycles. The van der Waals surface area contributed by atoms with Crippen molar-refractivity contribution >= 4 is 11.8 Å². The summed E-state index contributed by atoms with van der Waals surface area (Å²) in [6.45, 7) is 2.02. The molecule has 1 aromatic carbocycles. The average molecular weight is 234 g/mol. The van der Waals surface area contributed by atoms with Crippen LogP contribution in [-0.2, 0) is 14.3 Å². The summed E-state index contributed by atoms with van der Waals surface area (Å²) in [5, 5.41) is 0. The van der Waals surface area contributed by atoms with Crippen LogP contribution in [0.25, 0.3) is 0 Å². The molecule has 0 aliphatic rings. The van der Waals surface area contributed by atoms with Crippen LogP contribution in [0, 0.1) is 0 Å². The first kappa shape index (κ1) is 13.4. The van der Waals surface area contributed by atoms with Gasteiger partial charge in [-0.25, -0.2) is 0 Å². The van der Waals surface area contributed by atoms with Crippen LogP contribution in [-0.4, -0.2) is 18.9 Å². The van der Waals surface area contributed by atoms with E-state index in [1.165, 1.54) is 7.11 Å². The molecule has 1 atom stereocenters. The minimum Gasteiger partial charge on any atom is -0.468 e. The number of ether oxygens (including phenoxy) is 1. The Morgan fingerprint density at radius 1 is 1.24 bits per heavy atom. The molecule has 0 bridgehead atoms. The summed E-state index contributed by atoms with van der Waals surface area (Å²) >= 11 is 0. The van der Waals surface area contributed by atoms with Crippen molar-refractivity contribution in [3.05, 3.63) is 35.9 Å². The maximum atomic E-state index is 12.0. The molecule has 0 aliphatic heterocycles. The molecule has 0 aromatic heterocycles. The second kappa shape index (κ2) is 6.84. The molecule has 1 unspecified atom stereocenters. The molecule has 1 rings (SSSR count). The average Bonchev–Trinajstić information content (AvgIpc) is 2.37. The van der Waals surface area contributed by atoms with E-state index in [9.17, 15) is 9.59 Å². The highest BCUT2D eigenvalue weighted by Gasteiger charge is 2.28. The Bertz CT molecular complexity index is 370. The van der Waals surface area contributed by atoms with Crippen LogP contribution in [0.15, 0.2) is 30.3 Å². The Morgan fingerprint density at radius 3 is 2.41 bits per heavy atom. The lowest BCUT2D eigenvalue weighted by Crippen LogP contribution is -2.23. The van der Waals surface area contributed by atoms with Crippen LogP contribution >= 0.6 is 0 Å². The number of carbonyl (C=O) groups excluding carboxylic acids is 2. The monoisotopic (exact) mass is 234 g/mol.